The first-order valence-corrected chi connectivity index (χ1v) is 9.36. The molecule has 0 unspecified atom stereocenters. The Bertz CT molecular complexity index is 967. The Balaban J connectivity index is 1.37. The van der Waals surface area contributed by atoms with Crippen molar-refractivity contribution in [2.45, 2.75) is 6.54 Å². The third-order valence-electron chi connectivity index (χ3n) is 4.97. The number of hydrogen-bond acceptors (Lipinski definition) is 5. The normalized spacial score (nSPS) is 15.1. The van der Waals surface area contributed by atoms with Gasteiger partial charge in [-0.2, -0.15) is 0 Å². The Kier molecular flexibility index (Phi) is 5.23. The van der Waals surface area contributed by atoms with Crippen molar-refractivity contribution < 1.29 is 4.74 Å². The van der Waals surface area contributed by atoms with Crippen LogP contribution in [0.4, 0.5) is 5.95 Å². The average Bonchev–Trinajstić information content (AvgIpc) is 2.77. The van der Waals surface area contributed by atoms with E-state index in [9.17, 15) is 0 Å². The lowest BCUT2D eigenvalue weighted by Gasteiger charge is -2.35. The van der Waals surface area contributed by atoms with Crippen LogP contribution in [0.15, 0.2) is 59.9 Å². The molecule has 144 valence electrons. The molecule has 0 radical (unpaired) electrons. The van der Waals surface area contributed by atoms with Gasteiger partial charge in [-0.25, -0.2) is 15.0 Å². The summed E-state index contributed by atoms with van der Waals surface area (Å²) in [5.41, 5.74) is 7.38. The molecule has 3 aromatic rings. The smallest absolute Gasteiger partial charge is 0.225 e. The molecular weight excluding hydrogens is 352 g/mol. The third-order valence-corrected chi connectivity index (χ3v) is 4.97. The molecule has 1 saturated heterocycles. The van der Waals surface area contributed by atoms with Gasteiger partial charge in [-0.05, 0) is 40.6 Å². The lowest BCUT2D eigenvalue weighted by atomic mass is 10.1. The number of ether oxygens (including phenoxy) is 1. The van der Waals surface area contributed by atoms with Gasteiger partial charge in [-0.1, -0.05) is 18.2 Å². The molecule has 4 rings (SSSR count). The summed E-state index contributed by atoms with van der Waals surface area (Å²) >= 11 is 0. The number of aromatic nitrogens is 2. The van der Waals surface area contributed by atoms with E-state index >= 15 is 0 Å². The largest absolute Gasteiger partial charge is 0.497 e. The molecule has 1 aliphatic heterocycles. The van der Waals surface area contributed by atoms with Gasteiger partial charge in [0.1, 0.15) is 5.75 Å². The number of methoxy groups -OCH3 is 1. The first-order chi connectivity index (χ1) is 13.7. The van der Waals surface area contributed by atoms with Crippen LogP contribution in [0, 0.1) is 0 Å². The van der Waals surface area contributed by atoms with E-state index in [4.69, 9.17) is 10.5 Å². The van der Waals surface area contributed by atoms with Gasteiger partial charge >= 0.3 is 0 Å². The summed E-state index contributed by atoms with van der Waals surface area (Å²) in [5, 5.41) is 2.32. The maximum Gasteiger partial charge on any atom is 0.225 e. The fraction of sp³-hybridized carbons (Fsp3) is 0.286. The highest BCUT2D eigenvalue weighted by Gasteiger charge is 2.19. The standard InChI is InChI=1S/C21H24N6O/c1-28-19-6-5-17-13-16(3-4-18(17)14-19)15-25-20(22)26-9-11-27(12-10-26)21-23-7-2-8-24-21/h2-8,13-14H,9-12,15H2,1H3,(H2,22,25). The highest BCUT2D eigenvalue weighted by molar-refractivity contribution is 5.84. The molecule has 0 spiro atoms. The number of nitrogens with zero attached hydrogens (tertiary/aromatic N) is 5. The van der Waals surface area contributed by atoms with Crippen molar-refractivity contribution in [1.82, 2.24) is 14.9 Å². The molecule has 0 bridgehead atoms. The van der Waals surface area contributed by atoms with E-state index in [2.05, 4.69) is 49.0 Å². The topological polar surface area (TPSA) is 79.9 Å². The summed E-state index contributed by atoms with van der Waals surface area (Å²) in [7, 11) is 1.68. The Morgan fingerprint density at radius 2 is 1.75 bits per heavy atom. The van der Waals surface area contributed by atoms with Crippen LogP contribution in [-0.2, 0) is 6.54 Å². The zero-order chi connectivity index (χ0) is 19.3. The predicted molar refractivity (Wildman–Crippen MR) is 112 cm³/mol. The highest BCUT2D eigenvalue weighted by atomic mass is 16.5. The Labute approximate surface area is 164 Å². The summed E-state index contributed by atoms with van der Waals surface area (Å²) < 4.78 is 5.28. The fourth-order valence-electron chi connectivity index (χ4n) is 3.36. The average molecular weight is 376 g/mol. The second-order valence-corrected chi connectivity index (χ2v) is 6.74. The van der Waals surface area contributed by atoms with Crippen molar-refractivity contribution in [1.29, 1.82) is 0 Å². The van der Waals surface area contributed by atoms with Gasteiger partial charge in [0.2, 0.25) is 5.95 Å². The number of nitrogens with two attached hydrogens (primary N) is 1. The van der Waals surface area contributed by atoms with Gasteiger partial charge in [0.05, 0.1) is 13.7 Å². The fourth-order valence-corrected chi connectivity index (χ4v) is 3.36. The van der Waals surface area contributed by atoms with E-state index in [1.165, 1.54) is 5.39 Å². The molecule has 1 aromatic heterocycles. The van der Waals surface area contributed by atoms with Crippen LogP contribution in [0.5, 0.6) is 5.75 Å². The lowest BCUT2D eigenvalue weighted by Crippen LogP contribution is -2.51. The van der Waals surface area contributed by atoms with E-state index in [0.29, 0.717) is 12.5 Å². The molecular formula is C21H24N6O. The number of benzene rings is 2. The predicted octanol–water partition coefficient (Wildman–Crippen LogP) is 2.28. The maximum atomic E-state index is 6.24. The van der Waals surface area contributed by atoms with Gasteiger partial charge in [-0.3, -0.25) is 0 Å². The first kappa shape index (κ1) is 18.0. The van der Waals surface area contributed by atoms with Gasteiger partial charge in [0.25, 0.3) is 0 Å². The van der Waals surface area contributed by atoms with Crippen LogP contribution in [-0.4, -0.2) is 54.1 Å². The van der Waals surface area contributed by atoms with Crippen molar-refractivity contribution in [3.05, 3.63) is 60.4 Å². The van der Waals surface area contributed by atoms with Crippen LogP contribution >= 0.6 is 0 Å². The van der Waals surface area contributed by atoms with Gasteiger partial charge in [-0.15, -0.1) is 0 Å². The zero-order valence-electron chi connectivity index (χ0n) is 16.0. The van der Waals surface area contributed by atoms with Crippen LogP contribution in [0.1, 0.15) is 5.56 Å². The Morgan fingerprint density at radius 3 is 2.50 bits per heavy atom. The number of guanidine groups is 1. The molecule has 0 amide bonds. The van der Waals surface area contributed by atoms with E-state index in [1.54, 1.807) is 19.5 Å². The number of piperazine rings is 1. The number of anilines is 1. The quantitative estimate of drug-likeness (QED) is 0.556. The Hall–Kier alpha value is -3.35. The van der Waals surface area contributed by atoms with Gasteiger partial charge in [0.15, 0.2) is 5.96 Å². The second kappa shape index (κ2) is 8.12. The number of aliphatic imine (C=N–C) groups is 1. The third kappa shape index (κ3) is 3.98. The zero-order valence-corrected chi connectivity index (χ0v) is 16.0. The molecule has 2 heterocycles. The summed E-state index contributed by atoms with van der Waals surface area (Å²) in [6.07, 6.45) is 3.54. The molecule has 2 N–H and O–H groups in total. The molecule has 1 fully saturated rings. The summed E-state index contributed by atoms with van der Waals surface area (Å²) in [4.78, 5) is 17.5. The van der Waals surface area contributed by atoms with E-state index in [1.807, 2.05) is 18.2 Å². The van der Waals surface area contributed by atoms with Crippen molar-refractivity contribution in [3.8, 4) is 5.75 Å². The van der Waals surface area contributed by atoms with E-state index in [-0.39, 0.29) is 0 Å². The molecule has 1 aliphatic rings. The number of fused-ring (bicyclic) bond motifs is 1. The SMILES string of the molecule is COc1ccc2cc(CN=C(N)N3CCN(c4ncccn4)CC3)ccc2c1. The van der Waals surface area contributed by atoms with E-state index in [0.717, 1.165) is 48.8 Å². The summed E-state index contributed by atoms with van der Waals surface area (Å²) in [5.74, 6) is 2.22. The molecule has 2 aromatic carbocycles. The van der Waals surface area contributed by atoms with Gasteiger partial charge < -0.3 is 20.3 Å². The van der Waals surface area contributed by atoms with Crippen molar-refractivity contribution in [3.63, 3.8) is 0 Å². The minimum absolute atomic E-state index is 0.565. The molecule has 7 heteroatoms. The van der Waals surface area contributed by atoms with Crippen LogP contribution < -0.4 is 15.4 Å². The van der Waals surface area contributed by atoms with Crippen molar-refractivity contribution in [2.75, 3.05) is 38.2 Å². The molecule has 0 atom stereocenters. The van der Waals surface area contributed by atoms with Crippen molar-refractivity contribution >= 4 is 22.7 Å². The maximum absolute atomic E-state index is 6.24. The molecule has 7 nitrogen and oxygen atoms in total. The summed E-state index contributed by atoms with van der Waals surface area (Å²) in [6.45, 7) is 3.85. The van der Waals surface area contributed by atoms with Crippen molar-refractivity contribution in [2.24, 2.45) is 10.7 Å². The minimum Gasteiger partial charge on any atom is -0.497 e. The molecule has 0 saturated carbocycles. The molecule has 0 aliphatic carbocycles. The molecule has 28 heavy (non-hydrogen) atoms. The second-order valence-electron chi connectivity index (χ2n) is 6.74. The lowest BCUT2D eigenvalue weighted by molar-refractivity contribution is 0.378. The first-order valence-electron chi connectivity index (χ1n) is 9.36. The van der Waals surface area contributed by atoms with Gasteiger partial charge in [0, 0.05) is 38.6 Å². The number of rotatable bonds is 4. The monoisotopic (exact) mass is 376 g/mol. The van der Waals surface area contributed by atoms with Crippen LogP contribution in [0.3, 0.4) is 0 Å². The highest BCUT2D eigenvalue weighted by Crippen LogP contribution is 2.22. The summed E-state index contributed by atoms with van der Waals surface area (Å²) in [6, 6.07) is 14.2. The Morgan fingerprint density at radius 1 is 1.04 bits per heavy atom. The minimum atomic E-state index is 0.565. The number of hydrogen-bond donors (Lipinski definition) is 1. The van der Waals surface area contributed by atoms with E-state index < -0.39 is 0 Å². The van der Waals surface area contributed by atoms with Crippen LogP contribution in [0.2, 0.25) is 0 Å². The van der Waals surface area contributed by atoms with Crippen LogP contribution in [0.25, 0.3) is 10.8 Å².